The first kappa shape index (κ1) is 13.8. The number of ether oxygens (including phenoxy) is 1. The van der Waals surface area contributed by atoms with Gasteiger partial charge < -0.3 is 10.5 Å². The van der Waals surface area contributed by atoms with E-state index in [1.54, 1.807) is 6.20 Å². The zero-order chi connectivity index (χ0) is 15.9. The van der Waals surface area contributed by atoms with Gasteiger partial charge in [-0.2, -0.15) is 5.26 Å². The maximum Gasteiger partial charge on any atom is 0.282 e. The van der Waals surface area contributed by atoms with E-state index in [1.165, 1.54) is 11.1 Å². The van der Waals surface area contributed by atoms with E-state index in [1.807, 2.05) is 12.3 Å². The van der Waals surface area contributed by atoms with E-state index in [0.717, 1.165) is 30.4 Å². The van der Waals surface area contributed by atoms with E-state index in [9.17, 15) is 0 Å². The van der Waals surface area contributed by atoms with Crippen LogP contribution in [0.2, 0.25) is 0 Å². The monoisotopic (exact) mass is 304 g/mol. The number of nitrogens with zero attached hydrogens (tertiary/aromatic N) is 3. The average Bonchev–Trinajstić information content (AvgIpc) is 2.94. The van der Waals surface area contributed by atoms with Gasteiger partial charge in [0.05, 0.1) is 5.56 Å². The molecule has 1 spiro atoms. The number of nitriles is 1. The molecule has 0 bridgehead atoms. The van der Waals surface area contributed by atoms with Gasteiger partial charge in [-0.3, -0.25) is 4.98 Å². The molecule has 114 valence electrons. The molecule has 23 heavy (non-hydrogen) atoms. The molecule has 0 saturated heterocycles. The van der Waals surface area contributed by atoms with Crippen molar-refractivity contribution in [3.63, 3.8) is 0 Å². The quantitative estimate of drug-likeness (QED) is 0.875. The van der Waals surface area contributed by atoms with Crippen molar-refractivity contribution in [2.45, 2.75) is 24.8 Å². The van der Waals surface area contributed by atoms with Crippen LogP contribution in [0.15, 0.2) is 41.7 Å². The molecular formula is C18H16N4O. The highest BCUT2D eigenvalue weighted by Crippen LogP contribution is 2.38. The molecule has 2 N–H and O–H groups in total. The van der Waals surface area contributed by atoms with Crippen molar-refractivity contribution >= 4 is 6.02 Å². The second-order valence-electron chi connectivity index (χ2n) is 6.16. The number of hydrogen-bond donors (Lipinski definition) is 1. The first-order chi connectivity index (χ1) is 11.2. The molecule has 1 aliphatic carbocycles. The van der Waals surface area contributed by atoms with Crippen molar-refractivity contribution in [3.05, 3.63) is 53.3 Å². The van der Waals surface area contributed by atoms with Crippen LogP contribution in [-0.2, 0) is 17.6 Å². The molecule has 2 heterocycles. The molecule has 0 saturated carbocycles. The van der Waals surface area contributed by atoms with E-state index in [-0.39, 0.29) is 5.54 Å². The van der Waals surface area contributed by atoms with E-state index >= 15 is 0 Å². The summed E-state index contributed by atoms with van der Waals surface area (Å²) in [5, 5.41) is 9.08. The van der Waals surface area contributed by atoms with Gasteiger partial charge in [0, 0.05) is 24.4 Å². The highest BCUT2D eigenvalue weighted by molar-refractivity contribution is 5.74. The fourth-order valence-electron chi connectivity index (χ4n) is 3.54. The summed E-state index contributed by atoms with van der Waals surface area (Å²) < 4.78 is 5.39. The first-order valence-corrected chi connectivity index (χ1v) is 7.64. The third-order valence-electron chi connectivity index (χ3n) is 4.65. The Morgan fingerprint density at radius 1 is 1.30 bits per heavy atom. The zero-order valence-electron chi connectivity index (χ0n) is 12.6. The van der Waals surface area contributed by atoms with Gasteiger partial charge in [0.1, 0.15) is 18.2 Å². The Kier molecular flexibility index (Phi) is 3.05. The molecule has 1 aromatic carbocycles. The van der Waals surface area contributed by atoms with Crippen LogP contribution in [0.3, 0.4) is 0 Å². The smallest absolute Gasteiger partial charge is 0.282 e. The van der Waals surface area contributed by atoms with Crippen LogP contribution in [-0.4, -0.2) is 23.2 Å². The predicted octanol–water partition coefficient (Wildman–Crippen LogP) is 2.19. The molecule has 0 fully saturated rings. The molecule has 2 aliphatic rings. The number of fused-ring (bicyclic) bond motifs is 1. The number of pyridine rings is 1. The maximum absolute atomic E-state index is 9.08. The Bertz CT molecular complexity index is 852. The normalized spacial score (nSPS) is 22.1. The van der Waals surface area contributed by atoms with Gasteiger partial charge in [0.15, 0.2) is 0 Å². The van der Waals surface area contributed by atoms with Crippen molar-refractivity contribution in [1.29, 1.82) is 5.26 Å². The van der Waals surface area contributed by atoms with Crippen LogP contribution in [0.25, 0.3) is 11.1 Å². The molecule has 1 atom stereocenters. The molecule has 4 rings (SSSR count). The number of rotatable bonds is 1. The summed E-state index contributed by atoms with van der Waals surface area (Å²) in [6.07, 6.45) is 6.07. The minimum absolute atomic E-state index is 0.206. The predicted molar refractivity (Wildman–Crippen MR) is 86.7 cm³/mol. The minimum Gasteiger partial charge on any atom is -0.463 e. The first-order valence-electron chi connectivity index (χ1n) is 7.64. The van der Waals surface area contributed by atoms with E-state index < -0.39 is 0 Å². The number of hydrogen-bond acceptors (Lipinski definition) is 5. The number of amidine groups is 1. The molecule has 0 amide bonds. The number of aromatic nitrogens is 1. The zero-order valence-corrected chi connectivity index (χ0v) is 12.6. The molecule has 1 aliphatic heterocycles. The Labute approximate surface area is 134 Å². The van der Waals surface area contributed by atoms with Gasteiger partial charge in [-0.15, -0.1) is 0 Å². The van der Waals surface area contributed by atoms with E-state index in [0.29, 0.717) is 18.2 Å². The van der Waals surface area contributed by atoms with E-state index in [2.05, 4.69) is 34.2 Å². The highest BCUT2D eigenvalue weighted by atomic mass is 16.5. The molecule has 2 aromatic rings. The van der Waals surface area contributed by atoms with Crippen molar-refractivity contribution in [2.75, 3.05) is 6.61 Å². The minimum atomic E-state index is -0.206. The Hall–Kier alpha value is -2.87. The van der Waals surface area contributed by atoms with Crippen LogP contribution < -0.4 is 5.73 Å². The Balaban J connectivity index is 1.76. The lowest BCUT2D eigenvalue weighted by atomic mass is 9.77. The largest absolute Gasteiger partial charge is 0.463 e. The summed E-state index contributed by atoms with van der Waals surface area (Å²) in [4.78, 5) is 8.71. The summed E-state index contributed by atoms with van der Waals surface area (Å²) >= 11 is 0. The van der Waals surface area contributed by atoms with E-state index in [4.69, 9.17) is 15.7 Å². The van der Waals surface area contributed by atoms with Crippen LogP contribution in [0.4, 0.5) is 0 Å². The standard InChI is InChI=1S/C18H16N4O/c19-8-12-6-14(10-21-9-12)15-3-1-2-13-7-18(5-4-16(13)15)11-23-17(20)22-18/h1-3,6,9-10H,4-5,7,11H2,(H2,20,22). The van der Waals surface area contributed by atoms with Crippen molar-refractivity contribution < 1.29 is 4.74 Å². The van der Waals surface area contributed by atoms with Gasteiger partial charge in [-0.05, 0) is 35.6 Å². The fourth-order valence-corrected chi connectivity index (χ4v) is 3.54. The van der Waals surface area contributed by atoms with Crippen molar-refractivity contribution in [2.24, 2.45) is 10.7 Å². The highest BCUT2D eigenvalue weighted by Gasteiger charge is 2.39. The molecule has 1 unspecified atom stereocenters. The second kappa shape index (κ2) is 5.10. The molecule has 5 heteroatoms. The lowest BCUT2D eigenvalue weighted by Gasteiger charge is -2.31. The Morgan fingerprint density at radius 2 is 2.22 bits per heavy atom. The lowest BCUT2D eigenvalue weighted by molar-refractivity contribution is 0.235. The van der Waals surface area contributed by atoms with Crippen molar-refractivity contribution in [3.8, 4) is 17.2 Å². The summed E-state index contributed by atoms with van der Waals surface area (Å²) in [7, 11) is 0. The fraction of sp³-hybridized carbons (Fsp3) is 0.278. The molecule has 0 radical (unpaired) electrons. The van der Waals surface area contributed by atoms with Crippen LogP contribution >= 0.6 is 0 Å². The lowest BCUT2D eigenvalue weighted by Crippen LogP contribution is -2.35. The van der Waals surface area contributed by atoms with Crippen molar-refractivity contribution in [1.82, 2.24) is 4.98 Å². The van der Waals surface area contributed by atoms with Gasteiger partial charge in [-0.25, -0.2) is 4.99 Å². The van der Waals surface area contributed by atoms with Crippen LogP contribution in [0.1, 0.15) is 23.1 Å². The SMILES string of the molecule is N#Cc1cncc(-c2cccc3c2CCC2(COC(N)=N2)C3)c1. The maximum atomic E-state index is 9.08. The summed E-state index contributed by atoms with van der Waals surface area (Å²) in [5.74, 6) is 0. The molecule has 5 nitrogen and oxygen atoms in total. The van der Waals surface area contributed by atoms with Crippen LogP contribution in [0.5, 0.6) is 0 Å². The average molecular weight is 304 g/mol. The second-order valence-corrected chi connectivity index (χ2v) is 6.16. The molecule has 1 aromatic heterocycles. The third-order valence-corrected chi connectivity index (χ3v) is 4.65. The summed E-state index contributed by atoms with van der Waals surface area (Å²) in [6, 6.07) is 10.6. The topological polar surface area (TPSA) is 84.3 Å². The number of nitrogens with two attached hydrogens (primary N) is 1. The Morgan fingerprint density at radius 3 is 3.00 bits per heavy atom. The van der Waals surface area contributed by atoms with Crippen LogP contribution in [0, 0.1) is 11.3 Å². The third kappa shape index (κ3) is 2.33. The van der Waals surface area contributed by atoms with Gasteiger partial charge >= 0.3 is 0 Å². The van der Waals surface area contributed by atoms with Gasteiger partial charge in [0.2, 0.25) is 0 Å². The molecular weight excluding hydrogens is 288 g/mol. The number of aliphatic imine (C=N–C) groups is 1. The number of benzene rings is 1. The van der Waals surface area contributed by atoms with Gasteiger partial charge in [0.25, 0.3) is 6.02 Å². The summed E-state index contributed by atoms with van der Waals surface area (Å²) in [6.45, 7) is 0.563. The summed E-state index contributed by atoms with van der Waals surface area (Å²) in [5.41, 5.74) is 10.8. The van der Waals surface area contributed by atoms with Gasteiger partial charge in [-0.1, -0.05) is 18.2 Å².